The van der Waals surface area contributed by atoms with Gasteiger partial charge in [-0.3, -0.25) is 9.59 Å². The van der Waals surface area contributed by atoms with Crippen molar-refractivity contribution in [3.8, 4) is 17.2 Å². The number of likely N-dealkylation sites (N-methyl/N-ethyl adjacent to an activating group) is 1. The van der Waals surface area contributed by atoms with Crippen LogP contribution in [0.1, 0.15) is 58.8 Å². The maximum absolute atomic E-state index is 13.9. The number of hydrogen-bond donors (Lipinski definition) is 1. The highest BCUT2D eigenvalue weighted by Crippen LogP contribution is 2.46. The average molecular weight is 489 g/mol. The van der Waals surface area contributed by atoms with Gasteiger partial charge in [0.1, 0.15) is 5.75 Å². The van der Waals surface area contributed by atoms with Crippen LogP contribution in [0.4, 0.5) is 5.69 Å². The van der Waals surface area contributed by atoms with Crippen LogP contribution in [-0.4, -0.2) is 45.1 Å². The molecule has 1 heterocycles. The van der Waals surface area contributed by atoms with Crippen LogP contribution in [0.2, 0.25) is 0 Å². The molecule has 3 aromatic rings. The third kappa shape index (κ3) is 4.61. The molecule has 0 aliphatic carbocycles. The van der Waals surface area contributed by atoms with Gasteiger partial charge in [0.05, 0.1) is 33.3 Å². The van der Waals surface area contributed by atoms with Crippen molar-refractivity contribution >= 4 is 17.5 Å². The number of rotatable bonds is 7. The zero-order chi connectivity index (χ0) is 26.0. The van der Waals surface area contributed by atoms with Crippen LogP contribution in [0.3, 0.4) is 0 Å². The molecule has 0 unspecified atom stereocenters. The molecule has 0 aromatic heterocycles. The van der Waals surface area contributed by atoms with E-state index in [0.29, 0.717) is 40.0 Å². The molecule has 4 rings (SSSR count). The van der Waals surface area contributed by atoms with E-state index in [1.165, 1.54) is 19.8 Å². The molecule has 1 aliphatic rings. The standard InChI is InChI=1S/C29H32N2O5/c1-17(2)18-7-11-20(12-8-18)30-28(32)26-22-15-24(35-5)25(36-6)16-23(22)29(33)31(3)27(26)19-9-13-21(34-4)14-10-19/h7-17,26-27H,1-6H3,(H,30,32)/t26-,27-/m0/s1. The van der Waals surface area contributed by atoms with Crippen LogP contribution in [-0.2, 0) is 4.79 Å². The van der Waals surface area contributed by atoms with Crippen LogP contribution in [0.15, 0.2) is 60.7 Å². The summed E-state index contributed by atoms with van der Waals surface area (Å²) in [5, 5.41) is 3.07. The Labute approximate surface area is 212 Å². The van der Waals surface area contributed by atoms with E-state index in [1.807, 2.05) is 48.5 Å². The van der Waals surface area contributed by atoms with Crippen molar-refractivity contribution < 1.29 is 23.8 Å². The van der Waals surface area contributed by atoms with Crippen molar-refractivity contribution in [2.75, 3.05) is 33.7 Å². The quantitative estimate of drug-likeness (QED) is 0.483. The summed E-state index contributed by atoms with van der Waals surface area (Å²) >= 11 is 0. The minimum atomic E-state index is -0.694. The number of hydrogen-bond acceptors (Lipinski definition) is 5. The van der Waals surface area contributed by atoms with Crippen LogP contribution >= 0.6 is 0 Å². The summed E-state index contributed by atoms with van der Waals surface area (Å²) in [6.45, 7) is 4.25. The second kappa shape index (κ2) is 10.3. The van der Waals surface area contributed by atoms with Gasteiger partial charge in [-0.05, 0) is 59.0 Å². The lowest BCUT2D eigenvalue weighted by Gasteiger charge is -2.40. The van der Waals surface area contributed by atoms with Crippen LogP contribution in [0.25, 0.3) is 0 Å². The summed E-state index contributed by atoms with van der Waals surface area (Å²) in [4.78, 5) is 29.0. The Morgan fingerprint density at radius 3 is 2.06 bits per heavy atom. The molecule has 188 valence electrons. The van der Waals surface area contributed by atoms with Crippen molar-refractivity contribution in [3.05, 3.63) is 82.9 Å². The van der Waals surface area contributed by atoms with Gasteiger partial charge in [0.25, 0.3) is 5.91 Å². The molecule has 7 nitrogen and oxygen atoms in total. The third-order valence-electron chi connectivity index (χ3n) is 6.76. The molecule has 3 aromatic carbocycles. The molecular formula is C29H32N2O5. The van der Waals surface area contributed by atoms with E-state index >= 15 is 0 Å². The van der Waals surface area contributed by atoms with Gasteiger partial charge in [0.2, 0.25) is 5.91 Å². The summed E-state index contributed by atoms with van der Waals surface area (Å²) in [6, 6.07) is 18.1. The zero-order valence-corrected chi connectivity index (χ0v) is 21.5. The highest BCUT2D eigenvalue weighted by molar-refractivity contribution is 6.04. The minimum Gasteiger partial charge on any atom is -0.497 e. The normalized spacial score (nSPS) is 17.0. The maximum atomic E-state index is 13.9. The van der Waals surface area contributed by atoms with Crippen LogP contribution in [0.5, 0.6) is 17.2 Å². The highest BCUT2D eigenvalue weighted by atomic mass is 16.5. The number of carbonyl (C=O) groups excluding carboxylic acids is 2. The lowest BCUT2D eigenvalue weighted by Crippen LogP contribution is -2.44. The summed E-state index contributed by atoms with van der Waals surface area (Å²) in [6.07, 6.45) is 0. The molecule has 36 heavy (non-hydrogen) atoms. The highest BCUT2D eigenvalue weighted by Gasteiger charge is 2.43. The lowest BCUT2D eigenvalue weighted by molar-refractivity contribution is -0.119. The average Bonchev–Trinajstić information content (AvgIpc) is 2.90. The summed E-state index contributed by atoms with van der Waals surface area (Å²) in [7, 11) is 6.37. The van der Waals surface area contributed by atoms with Crippen LogP contribution in [0, 0.1) is 0 Å². The fraction of sp³-hybridized carbons (Fsp3) is 0.310. The summed E-state index contributed by atoms with van der Waals surface area (Å²) < 4.78 is 16.3. The molecule has 2 atom stereocenters. The van der Waals surface area contributed by atoms with E-state index in [2.05, 4.69) is 19.2 Å². The summed E-state index contributed by atoms with van der Waals surface area (Å²) in [5.74, 6) is 0.868. The Morgan fingerprint density at radius 1 is 0.889 bits per heavy atom. The Balaban J connectivity index is 1.82. The Kier molecular flexibility index (Phi) is 7.20. The number of benzene rings is 3. The number of amides is 2. The molecule has 1 aliphatic heterocycles. The molecule has 2 amide bonds. The van der Waals surface area contributed by atoms with Gasteiger partial charge in [0, 0.05) is 18.3 Å². The van der Waals surface area contributed by atoms with E-state index in [1.54, 1.807) is 31.2 Å². The number of carbonyl (C=O) groups is 2. The monoisotopic (exact) mass is 488 g/mol. The van der Waals surface area contributed by atoms with Gasteiger partial charge in [-0.25, -0.2) is 0 Å². The van der Waals surface area contributed by atoms with Gasteiger partial charge < -0.3 is 24.4 Å². The van der Waals surface area contributed by atoms with Gasteiger partial charge in [-0.1, -0.05) is 38.1 Å². The second-order valence-electron chi connectivity index (χ2n) is 9.17. The Morgan fingerprint density at radius 2 is 1.50 bits per heavy atom. The molecule has 0 saturated carbocycles. The van der Waals surface area contributed by atoms with Crippen molar-refractivity contribution in [2.24, 2.45) is 0 Å². The lowest BCUT2D eigenvalue weighted by atomic mass is 9.79. The van der Waals surface area contributed by atoms with Gasteiger partial charge in [-0.15, -0.1) is 0 Å². The van der Waals surface area contributed by atoms with E-state index < -0.39 is 12.0 Å². The topological polar surface area (TPSA) is 77.1 Å². The number of nitrogens with one attached hydrogen (secondary N) is 1. The summed E-state index contributed by atoms with van der Waals surface area (Å²) in [5.41, 5.74) is 3.71. The first-order chi connectivity index (χ1) is 17.3. The predicted molar refractivity (Wildman–Crippen MR) is 139 cm³/mol. The molecule has 0 spiro atoms. The molecule has 7 heteroatoms. The zero-order valence-electron chi connectivity index (χ0n) is 21.5. The first-order valence-corrected chi connectivity index (χ1v) is 11.9. The number of nitrogens with zero attached hydrogens (tertiary/aromatic N) is 1. The fourth-order valence-corrected chi connectivity index (χ4v) is 4.72. The van der Waals surface area contributed by atoms with Gasteiger partial charge >= 0.3 is 0 Å². The molecule has 0 fully saturated rings. The van der Waals surface area contributed by atoms with E-state index in [4.69, 9.17) is 14.2 Å². The number of anilines is 1. The smallest absolute Gasteiger partial charge is 0.254 e. The van der Waals surface area contributed by atoms with E-state index in [9.17, 15) is 9.59 Å². The second-order valence-corrected chi connectivity index (χ2v) is 9.17. The fourth-order valence-electron chi connectivity index (χ4n) is 4.72. The van der Waals surface area contributed by atoms with Crippen LogP contribution < -0.4 is 19.5 Å². The van der Waals surface area contributed by atoms with Gasteiger partial charge in [0.15, 0.2) is 11.5 Å². The van der Waals surface area contributed by atoms with E-state index in [-0.39, 0.29) is 11.8 Å². The maximum Gasteiger partial charge on any atom is 0.254 e. The first-order valence-electron chi connectivity index (χ1n) is 11.9. The number of fused-ring (bicyclic) bond motifs is 1. The Hall–Kier alpha value is -4.00. The third-order valence-corrected chi connectivity index (χ3v) is 6.76. The molecule has 0 radical (unpaired) electrons. The van der Waals surface area contributed by atoms with Crippen molar-refractivity contribution in [1.82, 2.24) is 4.90 Å². The van der Waals surface area contributed by atoms with E-state index in [0.717, 1.165) is 5.56 Å². The molecular weight excluding hydrogens is 456 g/mol. The van der Waals surface area contributed by atoms with Crippen molar-refractivity contribution in [3.63, 3.8) is 0 Å². The Bertz CT molecular complexity index is 1250. The minimum absolute atomic E-state index is 0.197. The molecule has 0 bridgehead atoms. The molecule has 0 saturated heterocycles. The molecule has 1 N–H and O–H groups in total. The predicted octanol–water partition coefficient (Wildman–Crippen LogP) is 5.39. The number of ether oxygens (including phenoxy) is 3. The van der Waals surface area contributed by atoms with Crippen molar-refractivity contribution in [1.29, 1.82) is 0 Å². The van der Waals surface area contributed by atoms with Gasteiger partial charge in [-0.2, -0.15) is 0 Å². The number of methoxy groups -OCH3 is 3. The first kappa shape index (κ1) is 25.1. The SMILES string of the molecule is COc1ccc([C@H]2[C@@H](C(=O)Nc3ccc(C(C)C)cc3)c3cc(OC)c(OC)cc3C(=O)N2C)cc1. The largest absolute Gasteiger partial charge is 0.497 e. The van der Waals surface area contributed by atoms with Crippen molar-refractivity contribution in [2.45, 2.75) is 31.7 Å².